The standard InChI is InChI=1S/C4H4F2O3/c5-2-1-3(6)9-4(7)8-2/h2-3H,1H2. The zero-order valence-corrected chi connectivity index (χ0v) is 4.34. The predicted octanol–water partition coefficient (Wildman–Crippen LogP) is 1.13. The van der Waals surface area contributed by atoms with Gasteiger partial charge < -0.3 is 9.47 Å². The molecule has 0 aliphatic carbocycles. The summed E-state index contributed by atoms with van der Waals surface area (Å²) in [6.07, 6.45) is -5.55. The highest BCUT2D eigenvalue weighted by atomic mass is 19.2. The SMILES string of the molecule is O=C1OC(F)CC(F)O1. The fourth-order valence-corrected chi connectivity index (χ4v) is 0.479. The monoisotopic (exact) mass is 138 g/mol. The summed E-state index contributed by atoms with van der Waals surface area (Å²) in [5.74, 6) is 0. The fraction of sp³-hybridized carbons (Fsp3) is 0.750. The van der Waals surface area contributed by atoms with Gasteiger partial charge in [0.2, 0.25) is 0 Å². The molecule has 0 aromatic heterocycles. The molecule has 5 heteroatoms. The molecule has 1 fully saturated rings. The van der Waals surface area contributed by atoms with Gasteiger partial charge in [-0.2, -0.15) is 0 Å². The van der Waals surface area contributed by atoms with Crippen molar-refractivity contribution in [1.82, 2.24) is 0 Å². The summed E-state index contributed by atoms with van der Waals surface area (Å²) in [4.78, 5) is 9.96. The molecule has 0 aromatic carbocycles. The van der Waals surface area contributed by atoms with Gasteiger partial charge in [-0.1, -0.05) is 0 Å². The van der Waals surface area contributed by atoms with Crippen LogP contribution in [-0.4, -0.2) is 18.9 Å². The van der Waals surface area contributed by atoms with E-state index in [2.05, 4.69) is 9.47 Å². The first-order chi connectivity index (χ1) is 4.18. The third-order valence-corrected chi connectivity index (χ3v) is 0.819. The number of rotatable bonds is 0. The Bertz CT molecular complexity index is 115. The highest BCUT2D eigenvalue weighted by molar-refractivity contribution is 5.60. The van der Waals surface area contributed by atoms with E-state index in [1.165, 1.54) is 0 Å². The molecule has 0 spiro atoms. The number of cyclic esters (lactones) is 2. The second-order valence-electron chi connectivity index (χ2n) is 1.54. The maximum absolute atomic E-state index is 11.9. The van der Waals surface area contributed by atoms with Crippen molar-refractivity contribution < 1.29 is 23.0 Å². The Hall–Kier alpha value is -0.870. The molecular formula is C4H4F2O3. The van der Waals surface area contributed by atoms with Crippen molar-refractivity contribution in [3.8, 4) is 0 Å². The lowest BCUT2D eigenvalue weighted by atomic mass is 10.4. The van der Waals surface area contributed by atoms with Crippen LogP contribution in [0.2, 0.25) is 0 Å². The fourth-order valence-electron chi connectivity index (χ4n) is 0.479. The first-order valence-corrected chi connectivity index (χ1v) is 2.34. The Balaban J connectivity index is 2.43. The van der Waals surface area contributed by atoms with Crippen LogP contribution < -0.4 is 0 Å². The van der Waals surface area contributed by atoms with Crippen LogP contribution in [-0.2, 0) is 9.47 Å². The molecule has 1 rings (SSSR count). The molecule has 1 aliphatic rings. The molecule has 0 aromatic rings. The van der Waals surface area contributed by atoms with Gasteiger partial charge in [-0.15, -0.1) is 0 Å². The van der Waals surface area contributed by atoms with E-state index in [1.54, 1.807) is 0 Å². The van der Waals surface area contributed by atoms with Crippen molar-refractivity contribution in [3.05, 3.63) is 0 Å². The van der Waals surface area contributed by atoms with E-state index in [-0.39, 0.29) is 0 Å². The maximum Gasteiger partial charge on any atom is 0.513 e. The van der Waals surface area contributed by atoms with Crippen LogP contribution in [0.1, 0.15) is 6.42 Å². The van der Waals surface area contributed by atoms with Gasteiger partial charge in [0.05, 0.1) is 6.42 Å². The van der Waals surface area contributed by atoms with E-state index in [4.69, 9.17) is 0 Å². The highest BCUT2D eigenvalue weighted by Crippen LogP contribution is 2.16. The van der Waals surface area contributed by atoms with Crippen LogP contribution in [0.5, 0.6) is 0 Å². The molecule has 1 heterocycles. The van der Waals surface area contributed by atoms with Crippen molar-refractivity contribution in [2.75, 3.05) is 0 Å². The molecule has 0 N–H and O–H groups in total. The first-order valence-electron chi connectivity index (χ1n) is 2.34. The minimum Gasteiger partial charge on any atom is -0.399 e. The molecular weight excluding hydrogens is 134 g/mol. The summed E-state index contributed by atoms with van der Waals surface area (Å²) in [6.45, 7) is 0. The average Bonchev–Trinajstić information content (AvgIpc) is 1.59. The lowest BCUT2D eigenvalue weighted by Crippen LogP contribution is -2.29. The first kappa shape index (κ1) is 6.25. The molecule has 9 heavy (non-hydrogen) atoms. The van der Waals surface area contributed by atoms with Gasteiger partial charge in [0.1, 0.15) is 0 Å². The van der Waals surface area contributed by atoms with Gasteiger partial charge in [-0.25, -0.2) is 13.6 Å². The molecule has 0 radical (unpaired) electrons. The minimum absolute atomic E-state index is 0.536. The van der Waals surface area contributed by atoms with Gasteiger partial charge in [-0.05, 0) is 0 Å². The van der Waals surface area contributed by atoms with Gasteiger partial charge in [0.15, 0.2) is 0 Å². The van der Waals surface area contributed by atoms with E-state index < -0.39 is 25.3 Å². The largest absolute Gasteiger partial charge is 0.513 e. The Kier molecular flexibility index (Phi) is 1.50. The minimum atomic E-state index is -1.86. The van der Waals surface area contributed by atoms with Crippen LogP contribution >= 0.6 is 0 Å². The van der Waals surface area contributed by atoms with E-state index in [0.717, 1.165) is 0 Å². The smallest absolute Gasteiger partial charge is 0.399 e. The summed E-state index contributed by atoms with van der Waals surface area (Å²) in [6, 6.07) is 0. The van der Waals surface area contributed by atoms with E-state index in [0.29, 0.717) is 0 Å². The number of carbonyl (C=O) groups excluding carboxylic acids is 1. The number of ether oxygens (including phenoxy) is 2. The second kappa shape index (κ2) is 2.16. The molecule has 2 unspecified atom stereocenters. The molecule has 0 amide bonds. The van der Waals surface area contributed by atoms with Crippen molar-refractivity contribution in [2.24, 2.45) is 0 Å². The number of alkyl halides is 2. The Morgan fingerprint density at radius 3 is 2.11 bits per heavy atom. The molecule has 0 saturated carbocycles. The Morgan fingerprint density at radius 1 is 1.33 bits per heavy atom. The summed E-state index contributed by atoms with van der Waals surface area (Å²) in [5.41, 5.74) is 0. The van der Waals surface area contributed by atoms with Crippen molar-refractivity contribution >= 4 is 6.16 Å². The summed E-state index contributed by atoms with van der Waals surface area (Å²) < 4.78 is 31.4. The van der Waals surface area contributed by atoms with Crippen LogP contribution in [0.4, 0.5) is 13.6 Å². The van der Waals surface area contributed by atoms with Gasteiger partial charge >= 0.3 is 6.16 Å². The van der Waals surface area contributed by atoms with Crippen molar-refractivity contribution in [1.29, 1.82) is 0 Å². The second-order valence-corrected chi connectivity index (χ2v) is 1.54. The van der Waals surface area contributed by atoms with Crippen molar-refractivity contribution in [2.45, 2.75) is 19.1 Å². The normalized spacial score (nSPS) is 35.1. The van der Waals surface area contributed by atoms with E-state index in [9.17, 15) is 13.6 Å². The van der Waals surface area contributed by atoms with Crippen LogP contribution in [0, 0.1) is 0 Å². The van der Waals surface area contributed by atoms with Crippen molar-refractivity contribution in [3.63, 3.8) is 0 Å². The quantitative estimate of drug-likeness (QED) is 0.471. The number of carbonyl (C=O) groups is 1. The zero-order valence-electron chi connectivity index (χ0n) is 4.34. The van der Waals surface area contributed by atoms with Crippen LogP contribution in [0.15, 0.2) is 0 Å². The predicted molar refractivity (Wildman–Crippen MR) is 22.0 cm³/mol. The van der Waals surface area contributed by atoms with Gasteiger partial charge in [-0.3, -0.25) is 0 Å². The molecule has 2 atom stereocenters. The number of halogens is 2. The molecule has 52 valence electrons. The highest BCUT2D eigenvalue weighted by Gasteiger charge is 2.28. The zero-order chi connectivity index (χ0) is 6.85. The average molecular weight is 138 g/mol. The molecule has 1 aliphatic heterocycles. The number of hydrogen-bond donors (Lipinski definition) is 0. The maximum atomic E-state index is 11.9. The van der Waals surface area contributed by atoms with Crippen LogP contribution in [0.3, 0.4) is 0 Å². The topological polar surface area (TPSA) is 35.5 Å². The molecule has 0 bridgehead atoms. The summed E-state index contributed by atoms with van der Waals surface area (Å²) >= 11 is 0. The summed E-state index contributed by atoms with van der Waals surface area (Å²) in [5, 5.41) is 0. The van der Waals surface area contributed by atoms with Gasteiger partial charge in [0, 0.05) is 0 Å². The third kappa shape index (κ3) is 1.51. The summed E-state index contributed by atoms with van der Waals surface area (Å²) in [7, 11) is 0. The van der Waals surface area contributed by atoms with Crippen LogP contribution in [0.25, 0.3) is 0 Å². The lowest BCUT2D eigenvalue weighted by Gasteiger charge is -2.18. The number of hydrogen-bond acceptors (Lipinski definition) is 3. The van der Waals surface area contributed by atoms with Gasteiger partial charge in [0.25, 0.3) is 12.7 Å². The Morgan fingerprint density at radius 2 is 1.78 bits per heavy atom. The third-order valence-electron chi connectivity index (χ3n) is 0.819. The molecule has 1 saturated heterocycles. The Labute approximate surface area is 49.5 Å². The molecule has 3 nitrogen and oxygen atoms in total. The van der Waals surface area contributed by atoms with E-state index >= 15 is 0 Å². The lowest BCUT2D eigenvalue weighted by molar-refractivity contribution is -0.143. The van der Waals surface area contributed by atoms with E-state index in [1.807, 2.05) is 0 Å².